The molecular weight excluding hydrogens is 200 g/mol. The van der Waals surface area contributed by atoms with Gasteiger partial charge in [-0.05, 0) is 22.4 Å². The first kappa shape index (κ1) is 9.82. The molecule has 1 aliphatic heterocycles. The third-order valence-corrected chi connectivity index (χ3v) is 2.79. The molecule has 1 heterocycles. The molecule has 2 nitrogen and oxygen atoms in total. The fourth-order valence-electron chi connectivity index (χ4n) is 1.80. The summed E-state index contributed by atoms with van der Waals surface area (Å²) < 4.78 is 10.7. The van der Waals surface area contributed by atoms with E-state index in [4.69, 9.17) is 9.47 Å². The van der Waals surface area contributed by atoms with Crippen LogP contribution in [0.15, 0.2) is 42.5 Å². The zero-order valence-electron chi connectivity index (χ0n) is 9.06. The van der Waals surface area contributed by atoms with Crippen molar-refractivity contribution in [3.63, 3.8) is 0 Å². The Balaban J connectivity index is 1.71. The molecule has 0 N–H and O–H groups in total. The van der Waals surface area contributed by atoms with Crippen molar-refractivity contribution in [1.82, 2.24) is 0 Å². The van der Waals surface area contributed by atoms with E-state index in [1.54, 1.807) is 0 Å². The van der Waals surface area contributed by atoms with E-state index >= 15 is 0 Å². The number of benzene rings is 2. The minimum atomic E-state index is 0.348. The molecule has 0 saturated carbocycles. The van der Waals surface area contributed by atoms with Gasteiger partial charge < -0.3 is 9.47 Å². The second-order valence-electron chi connectivity index (χ2n) is 4.15. The van der Waals surface area contributed by atoms with Crippen molar-refractivity contribution in [2.45, 2.75) is 12.7 Å². The molecule has 1 fully saturated rings. The molecule has 3 rings (SSSR count). The molecule has 0 bridgehead atoms. The average molecular weight is 214 g/mol. The molecule has 1 unspecified atom stereocenters. The SMILES string of the molecule is c1ccc2cc(COCC3CO3)ccc2c1. The number of hydrogen-bond donors (Lipinski definition) is 0. The lowest BCUT2D eigenvalue weighted by molar-refractivity contribution is 0.104. The van der Waals surface area contributed by atoms with Crippen LogP contribution in [0.4, 0.5) is 0 Å². The van der Waals surface area contributed by atoms with E-state index in [0.29, 0.717) is 19.3 Å². The number of epoxide rings is 1. The predicted octanol–water partition coefficient (Wildman–Crippen LogP) is 2.76. The Morgan fingerprint density at radius 2 is 1.94 bits per heavy atom. The maximum absolute atomic E-state index is 5.57. The van der Waals surface area contributed by atoms with Crippen LogP contribution in [0.5, 0.6) is 0 Å². The highest BCUT2D eigenvalue weighted by Gasteiger charge is 2.22. The Bertz CT molecular complexity index is 489. The van der Waals surface area contributed by atoms with Crippen LogP contribution in [0.3, 0.4) is 0 Å². The van der Waals surface area contributed by atoms with Crippen LogP contribution in [-0.4, -0.2) is 19.3 Å². The minimum Gasteiger partial charge on any atom is -0.374 e. The van der Waals surface area contributed by atoms with Crippen LogP contribution in [0.1, 0.15) is 5.56 Å². The van der Waals surface area contributed by atoms with Gasteiger partial charge in [-0.2, -0.15) is 0 Å². The van der Waals surface area contributed by atoms with Gasteiger partial charge in [-0.15, -0.1) is 0 Å². The van der Waals surface area contributed by atoms with Crippen LogP contribution >= 0.6 is 0 Å². The van der Waals surface area contributed by atoms with Crippen LogP contribution in [0.25, 0.3) is 10.8 Å². The Kier molecular flexibility index (Phi) is 2.60. The summed E-state index contributed by atoms with van der Waals surface area (Å²) in [6, 6.07) is 14.8. The normalized spacial score (nSPS) is 18.9. The molecule has 0 aliphatic carbocycles. The van der Waals surface area contributed by atoms with Crippen molar-refractivity contribution in [3.05, 3.63) is 48.0 Å². The number of ether oxygens (including phenoxy) is 2. The van der Waals surface area contributed by atoms with E-state index in [2.05, 4.69) is 42.5 Å². The van der Waals surface area contributed by atoms with Crippen LogP contribution in [0.2, 0.25) is 0 Å². The van der Waals surface area contributed by atoms with Gasteiger partial charge in [0.1, 0.15) is 6.10 Å². The third-order valence-electron chi connectivity index (χ3n) is 2.79. The molecule has 2 heteroatoms. The van der Waals surface area contributed by atoms with Gasteiger partial charge in [-0.3, -0.25) is 0 Å². The van der Waals surface area contributed by atoms with Crippen molar-refractivity contribution in [2.24, 2.45) is 0 Å². The highest BCUT2D eigenvalue weighted by atomic mass is 16.6. The molecule has 0 amide bonds. The second-order valence-corrected chi connectivity index (χ2v) is 4.15. The lowest BCUT2D eigenvalue weighted by Crippen LogP contribution is -2.01. The molecule has 1 saturated heterocycles. The highest BCUT2D eigenvalue weighted by molar-refractivity contribution is 5.82. The van der Waals surface area contributed by atoms with Crippen LogP contribution in [0, 0.1) is 0 Å². The molecular formula is C14H14O2. The first-order chi connectivity index (χ1) is 7.92. The summed E-state index contributed by atoms with van der Waals surface area (Å²) in [7, 11) is 0. The lowest BCUT2D eigenvalue weighted by atomic mass is 10.1. The molecule has 2 aromatic carbocycles. The maximum Gasteiger partial charge on any atom is 0.104 e. The van der Waals surface area contributed by atoms with Crippen molar-refractivity contribution in [1.29, 1.82) is 0 Å². The number of fused-ring (bicyclic) bond motifs is 1. The maximum atomic E-state index is 5.57. The first-order valence-electron chi connectivity index (χ1n) is 5.59. The van der Waals surface area contributed by atoms with E-state index in [1.807, 2.05) is 0 Å². The van der Waals surface area contributed by atoms with Gasteiger partial charge in [0.2, 0.25) is 0 Å². The Hall–Kier alpha value is -1.38. The molecule has 2 aromatic rings. The molecule has 82 valence electrons. The Labute approximate surface area is 94.8 Å². The Morgan fingerprint density at radius 1 is 1.12 bits per heavy atom. The molecule has 0 spiro atoms. The summed E-state index contributed by atoms with van der Waals surface area (Å²) in [4.78, 5) is 0. The van der Waals surface area contributed by atoms with E-state index in [9.17, 15) is 0 Å². The van der Waals surface area contributed by atoms with Gasteiger partial charge in [0, 0.05) is 0 Å². The van der Waals surface area contributed by atoms with Gasteiger partial charge in [-0.25, -0.2) is 0 Å². The van der Waals surface area contributed by atoms with Crippen LogP contribution in [-0.2, 0) is 16.1 Å². The zero-order valence-corrected chi connectivity index (χ0v) is 9.06. The molecule has 16 heavy (non-hydrogen) atoms. The predicted molar refractivity (Wildman–Crippen MR) is 63.3 cm³/mol. The summed E-state index contributed by atoms with van der Waals surface area (Å²) in [5.41, 5.74) is 1.22. The van der Waals surface area contributed by atoms with E-state index in [0.717, 1.165) is 6.61 Å². The molecule has 1 atom stereocenters. The highest BCUT2D eigenvalue weighted by Crippen LogP contribution is 2.17. The summed E-state index contributed by atoms with van der Waals surface area (Å²) in [5.74, 6) is 0. The fourth-order valence-corrected chi connectivity index (χ4v) is 1.80. The van der Waals surface area contributed by atoms with Gasteiger partial charge in [-0.1, -0.05) is 36.4 Å². The van der Waals surface area contributed by atoms with E-state index in [-0.39, 0.29) is 0 Å². The van der Waals surface area contributed by atoms with Gasteiger partial charge in [0.25, 0.3) is 0 Å². The Morgan fingerprint density at radius 3 is 2.75 bits per heavy atom. The standard InChI is InChI=1S/C14H14O2/c1-2-4-13-7-11(5-6-12(13)3-1)8-15-9-14-10-16-14/h1-7,14H,8-10H2. The number of rotatable bonds is 4. The fraction of sp³-hybridized carbons (Fsp3) is 0.286. The van der Waals surface area contributed by atoms with Crippen molar-refractivity contribution in [2.75, 3.05) is 13.2 Å². The van der Waals surface area contributed by atoms with Gasteiger partial charge >= 0.3 is 0 Å². The monoisotopic (exact) mass is 214 g/mol. The number of hydrogen-bond acceptors (Lipinski definition) is 2. The van der Waals surface area contributed by atoms with Crippen molar-refractivity contribution in [3.8, 4) is 0 Å². The van der Waals surface area contributed by atoms with Crippen LogP contribution < -0.4 is 0 Å². The van der Waals surface area contributed by atoms with E-state index < -0.39 is 0 Å². The zero-order chi connectivity index (χ0) is 10.8. The smallest absolute Gasteiger partial charge is 0.104 e. The van der Waals surface area contributed by atoms with Gasteiger partial charge in [0.05, 0.1) is 19.8 Å². The third kappa shape index (κ3) is 2.23. The second kappa shape index (κ2) is 4.24. The lowest BCUT2D eigenvalue weighted by Gasteiger charge is -2.04. The largest absolute Gasteiger partial charge is 0.374 e. The summed E-state index contributed by atoms with van der Waals surface area (Å²) in [6.45, 7) is 2.25. The quantitative estimate of drug-likeness (QED) is 0.730. The minimum absolute atomic E-state index is 0.348. The van der Waals surface area contributed by atoms with Crippen molar-refractivity contribution < 1.29 is 9.47 Å². The summed E-state index contributed by atoms with van der Waals surface area (Å²) >= 11 is 0. The topological polar surface area (TPSA) is 21.8 Å². The van der Waals surface area contributed by atoms with E-state index in [1.165, 1.54) is 16.3 Å². The molecule has 0 radical (unpaired) electrons. The molecule has 0 aromatic heterocycles. The van der Waals surface area contributed by atoms with Crippen molar-refractivity contribution >= 4 is 10.8 Å². The average Bonchev–Trinajstić information content (AvgIpc) is 3.13. The van der Waals surface area contributed by atoms with Gasteiger partial charge in [0.15, 0.2) is 0 Å². The summed E-state index contributed by atoms with van der Waals surface area (Å²) in [5, 5.41) is 2.54. The molecule has 1 aliphatic rings. The first-order valence-corrected chi connectivity index (χ1v) is 5.59. The summed E-state index contributed by atoms with van der Waals surface area (Å²) in [6.07, 6.45) is 0.348.